The molecule has 3 aliphatic carbocycles. The van der Waals surface area contributed by atoms with Crippen molar-refractivity contribution in [1.29, 1.82) is 0 Å². The lowest BCUT2D eigenvalue weighted by molar-refractivity contribution is -0.143. The molecule has 4 nitrogen and oxygen atoms in total. The fraction of sp³-hybridized carbons (Fsp3) is 0.875. The van der Waals surface area contributed by atoms with E-state index in [0.29, 0.717) is 36.5 Å². The van der Waals surface area contributed by atoms with E-state index in [9.17, 15) is 9.59 Å². The monoisotopic (exact) mass is 280 g/mol. The van der Waals surface area contributed by atoms with E-state index in [1.807, 2.05) is 0 Å². The Balaban J connectivity index is 1.61. The Labute approximate surface area is 120 Å². The average molecular weight is 280 g/mol. The lowest BCUT2D eigenvalue weighted by atomic mass is 9.55. The van der Waals surface area contributed by atoms with Gasteiger partial charge in [-0.3, -0.25) is 9.59 Å². The van der Waals surface area contributed by atoms with Crippen LogP contribution in [-0.2, 0) is 19.1 Å². The SMILES string of the molecule is COC(=O)C[C@H]1CCC2C1C1CC[C@@H](CC(=O)OC)C21. The van der Waals surface area contributed by atoms with Crippen molar-refractivity contribution in [3.8, 4) is 0 Å². The number of fused-ring (bicyclic) bond motifs is 4. The van der Waals surface area contributed by atoms with Gasteiger partial charge < -0.3 is 9.47 Å². The number of hydrogen-bond acceptors (Lipinski definition) is 4. The lowest BCUT2D eigenvalue weighted by Crippen LogP contribution is -2.46. The molecule has 0 bridgehead atoms. The predicted molar refractivity (Wildman–Crippen MR) is 72.7 cm³/mol. The van der Waals surface area contributed by atoms with Gasteiger partial charge in [0, 0.05) is 12.8 Å². The third-order valence-corrected chi connectivity index (χ3v) is 6.12. The highest BCUT2D eigenvalue weighted by Crippen LogP contribution is 2.66. The molecule has 0 aromatic rings. The Hall–Kier alpha value is -1.06. The van der Waals surface area contributed by atoms with Crippen LogP contribution >= 0.6 is 0 Å². The molecule has 3 aliphatic rings. The van der Waals surface area contributed by atoms with Crippen molar-refractivity contribution in [1.82, 2.24) is 0 Å². The van der Waals surface area contributed by atoms with Crippen LogP contribution in [0, 0.1) is 35.5 Å². The molecule has 3 rings (SSSR count). The molecular weight excluding hydrogens is 256 g/mol. The Kier molecular flexibility index (Phi) is 3.74. The van der Waals surface area contributed by atoms with Gasteiger partial charge in [0.1, 0.15) is 0 Å². The Morgan fingerprint density at radius 3 is 1.55 bits per heavy atom. The third-order valence-electron chi connectivity index (χ3n) is 6.12. The van der Waals surface area contributed by atoms with Crippen LogP contribution < -0.4 is 0 Å². The Morgan fingerprint density at radius 2 is 1.20 bits per heavy atom. The van der Waals surface area contributed by atoms with E-state index < -0.39 is 0 Å². The molecule has 0 spiro atoms. The lowest BCUT2D eigenvalue weighted by Gasteiger charge is -2.49. The molecule has 0 saturated heterocycles. The minimum Gasteiger partial charge on any atom is -0.469 e. The molecule has 20 heavy (non-hydrogen) atoms. The predicted octanol–water partition coefficient (Wildman–Crippen LogP) is 2.41. The summed E-state index contributed by atoms with van der Waals surface area (Å²) >= 11 is 0. The highest BCUT2D eigenvalue weighted by molar-refractivity contribution is 5.70. The van der Waals surface area contributed by atoms with E-state index in [1.165, 1.54) is 27.1 Å². The maximum Gasteiger partial charge on any atom is 0.305 e. The van der Waals surface area contributed by atoms with Gasteiger partial charge in [0.25, 0.3) is 0 Å². The quantitative estimate of drug-likeness (QED) is 0.742. The fourth-order valence-electron chi connectivity index (χ4n) is 5.44. The van der Waals surface area contributed by atoms with E-state index in [-0.39, 0.29) is 11.9 Å². The van der Waals surface area contributed by atoms with Crippen LogP contribution in [-0.4, -0.2) is 26.2 Å². The molecule has 3 saturated carbocycles. The first-order chi connectivity index (χ1) is 9.65. The highest BCUT2D eigenvalue weighted by Gasteiger charge is 2.60. The second-order valence-corrected chi connectivity index (χ2v) is 6.72. The molecule has 0 N–H and O–H groups in total. The standard InChI is InChI=1S/C16H24O4/c1-19-13(17)7-9-3-5-11-15(9)12-6-4-10(16(11)12)8-14(18)20-2/h9-12,15-16H,3-8H2,1-2H3/t9-,10+,11?,12?,15?,16?. The van der Waals surface area contributed by atoms with Crippen molar-refractivity contribution in [2.75, 3.05) is 14.2 Å². The van der Waals surface area contributed by atoms with Crippen LogP contribution in [0.15, 0.2) is 0 Å². The van der Waals surface area contributed by atoms with Crippen LogP contribution in [0.3, 0.4) is 0 Å². The number of methoxy groups -OCH3 is 2. The topological polar surface area (TPSA) is 52.6 Å². The molecule has 4 unspecified atom stereocenters. The van der Waals surface area contributed by atoms with Gasteiger partial charge in [0.05, 0.1) is 14.2 Å². The number of carbonyl (C=O) groups excluding carboxylic acids is 2. The molecular formula is C16H24O4. The van der Waals surface area contributed by atoms with Gasteiger partial charge in [-0.2, -0.15) is 0 Å². The summed E-state index contributed by atoms with van der Waals surface area (Å²) in [5, 5.41) is 0. The number of carbonyl (C=O) groups is 2. The van der Waals surface area contributed by atoms with Gasteiger partial charge in [0.15, 0.2) is 0 Å². The summed E-state index contributed by atoms with van der Waals surface area (Å²) in [6, 6.07) is 0. The van der Waals surface area contributed by atoms with E-state index >= 15 is 0 Å². The smallest absolute Gasteiger partial charge is 0.305 e. The molecule has 4 heteroatoms. The highest BCUT2D eigenvalue weighted by atomic mass is 16.5. The molecule has 0 aromatic carbocycles. The third kappa shape index (κ3) is 2.13. The van der Waals surface area contributed by atoms with Gasteiger partial charge in [0.2, 0.25) is 0 Å². The van der Waals surface area contributed by atoms with E-state index in [0.717, 1.165) is 24.7 Å². The largest absolute Gasteiger partial charge is 0.469 e. The molecule has 0 radical (unpaired) electrons. The summed E-state index contributed by atoms with van der Waals surface area (Å²) in [6.07, 6.45) is 5.94. The van der Waals surface area contributed by atoms with Crippen molar-refractivity contribution in [3.05, 3.63) is 0 Å². The first-order valence-corrected chi connectivity index (χ1v) is 7.79. The second-order valence-electron chi connectivity index (χ2n) is 6.72. The number of rotatable bonds is 4. The second kappa shape index (κ2) is 5.38. The van der Waals surface area contributed by atoms with Gasteiger partial charge in [-0.15, -0.1) is 0 Å². The van der Waals surface area contributed by atoms with Gasteiger partial charge >= 0.3 is 11.9 Å². The van der Waals surface area contributed by atoms with Gasteiger partial charge in [-0.1, -0.05) is 0 Å². The van der Waals surface area contributed by atoms with Crippen LogP contribution in [0.4, 0.5) is 0 Å². The number of ether oxygens (including phenoxy) is 2. The average Bonchev–Trinajstić information content (AvgIpc) is 2.93. The van der Waals surface area contributed by atoms with E-state index in [4.69, 9.17) is 9.47 Å². The zero-order chi connectivity index (χ0) is 14.3. The van der Waals surface area contributed by atoms with Crippen LogP contribution in [0.25, 0.3) is 0 Å². The summed E-state index contributed by atoms with van der Waals surface area (Å²) in [5.74, 6) is 3.81. The number of hydrogen-bond donors (Lipinski definition) is 0. The van der Waals surface area contributed by atoms with Crippen molar-refractivity contribution in [2.24, 2.45) is 35.5 Å². The summed E-state index contributed by atoms with van der Waals surface area (Å²) in [7, 11) is 2.95. The normalized spacial score (nSPS) is 41.5. The van der Waals surface area contributed by atoms with Crippen molar-refractivity contribution >= 4 is 11.9 Å². The van der Waals surface area contributed by atoms with Gasteiger partial charge in [-0.25, -0.2) is 0 Å². The van der Waals surface area contributed by atoms with Crippen molar-refractivity contribution in [2.45, 2.75) is 38.5 Å². The van der Waals surface area contributed by atoms with Crippen molar-refractivity contribution in [3.63, 3.8) is 0 Å². The van der Waals surface area contributed by atoms with Crippen LogP contribution in [0.2, 0.25) is 0 Å². The minimum atomic E-state index is -0.0665. The zero-order valence-electron chi connectivity index (χ0n) is 12.3. The fourth-order valence-corrected chi connectivity index (χ4v) is 5.44. The zero-order valence-corrected chi connectivity index (χ0v) is 12.3. The summed E-state index contributed by atoms with van der Waals surface area (Å²) in [4.78, 5) is 23.0. The van der Waals surface area contributed by atoms with E-state index in [1.54, 1.807) is 0 Å². The first-order valence-electron chi connectivity index (χ1n) is 7.79. The molecule has 3 fully saturated rings. The summed E-state index contributed by atoms with van der Waals surface area (Å²) < 4.78 is 9.64. The molecule has 0 heterocycles. The maximum atomic E-state index is 11.5. The Morgan fingerprint density at radius 1 is 0.800 bits per heavy atom. The summed E-state index contributed by atoms with van der Waals surface area (Å²) in [5.41, 5.74) is 0. The van der Waals surface area contributed by atoms with Crippen molar-refractivity contribution < 1.29 is 19.1 Å². The molecule has 0 aromatic heterocycles. The maximum absolute atomic E-state index is 11.5. The van der Waals surface area contributed by atoms with Crippen LogP contribution in [0.5, 0.6) is 0 Å². The Bertz CT molecular complexity index is 359. The molecule has 0 aliphatic heterocycles. The molecule has 112 valence electrons. The molecule has 6 atom stereocenters. The van der Waals surface area contributed by atoms with Crippen LogP contribution in [0.1, 0.15) is 38.5 Å². The van der Waals surface area contributed by atoms with E-state index in [2.05, 4.69) is 0 Å². The number of esters is 2. The molecule has 0 amide bonds. The summed E-state index contributed by atoms with van der Waals surface area (Å²) in [6.45, 7) is 0. The van der Waals surface area contributed by atoms with Gasteiger partial charge in [-0.05, 0) is 61.2 Å². The minimum absolute atomic E-state index is 0.0665. The first kappa shape index (κ1) is 13.9.